The standard InChI is InChI=1S/C14H25NO3/c1-6-12(16)15(7-2)10-8-9-11-18-13(17)14(3,4)5/h6H,1,7-11H2,2-5H3. The fourth-order valence-corrected chi connectivity index (χ4v) is 1.34. The smallest absolute Gasteiger partial charge is 0.311 e. The Balaban J connectivity index is 3.77. The van der Waals surface area contributed by atoms with E-state index in [0.717, 1.165) is 12.8 Å². The largest absolute Gasteiger partial charge is 0.465 e. The lowest BCUT2D eigenvalue weighted by molar-refractivity contribution is -0.153. The van der Waals surface area contributed by atoms with Crippen molar-refractivity contribution in [3.8, 4) is 0 Å². The average Bonchev–Trinajstić information content (AvgIpc) is 2.31. The number of carbonyl (C=O) groups is 2. The number of ether oxygens (including phenoxy) is 1. The summed E-state index contributed by atoms with van der Waals surface area (Å²) < 4.78 is 5.15. The lowest BCUT2D eigenvalue weighted by atomic mass is 9.97. The summed E-state index contributed by atoms with van der Waals surface area (Å²) in [5.41, 5.74) is -0.450. The summed E-state index contributed by atoms with van der Waals surface area (Å²) in [6, 6.07) is 0. The fourth-order valence-electron chi connectivity index (χ4n) is 1.34. The van der Waals surface area contributed by atoms with E-state index in [1.807, 2.05) is 27.7 Å². The van der Waals surface area contributed by atoms with Crippen LogP contribution in [0, 0.1) is 5.41 Å². The van der Waals surface area contributed by atoms with Crippen LogP contribution in [0.1, 0.15) is 40.5 Å². The number of carbonyl (C=O) groups excluding carboxylic acids is 2. The van der Waals surface area contributed by atoms with Gasteiger partial charge in [0, 0.05) is 13.1 Å². The van der Waals surface area contributed by atoms with Gasteiger partial charge in [0.25, 0.3) is 0 Å². The molecule has 0 aromatic rings. The molecule has 1 amide bonds. The van der Waals surface area contributed by atoms with Crippen LogP contribution in [-0.4, -0.2) is 36.5 Å². The van der Waals surface area contributed by atoms with Crippen LogP contribution >= 0.6 is 0 Å². The second-order valence-corrected chi connectivity index (χ2v) is 5.22. The zero-order chi connectivity index (χ0) is 14.2. The third kappa shape index (κ3) is 6.42. The van der Waals surface area contributed by atoms with E-state index in [1.165, 1.54) is 6.08 Å². The van der Waals surface area contributed by atoms with Crippen molar-refractivity contribution in [2.45, 2.75) is 40.5 Å². The van der Waals surface area contributed by atoms with Gasteiger partial charge in [-0.15, -0.1) is 0 Å². The van der Waals surface area contributed by atoms with Crippen LogP contribution < -0.4 is 0 Å². The lowest BCUT2D eigenvalue weighted by Crippen LogP contribution is -2.30. The Morgan fingerprint density at radius 1 is 1.28 bits per heavy atom. The molecule has 0 saturated carbocycles. The number of amides is 1. The van der Waals surface area contributed by atoms with Crippen LogP contribution in [-0.2, 0) is 14.3 Å². The molecule has 0 unspecified atom stereocenters. The van der Waals surface area contributed by atoms with Gasteiger partial charge in [-0.2, -0.15) is 0 Å². The van der Waals surface area contributed by atoms with Crippen molar-refractivity contribution < 1.29 is 14.3 Å². The second-order valence-electron chi connectivity index (χ2n) is 5.22. The van der Waals surface area contributed by atoms with Gasteiger partial charge in [-0.05, 0) is 46.6 Å². The Bertz CT molecular complexity index is 292. The molecule has 0 aliphatic carbocycles. The van der Waals surface area contributed by atoms with Gasteiger partial charge in [0.1, 0.15) is 0 Å². The first-order valence-corrected chi connectivity index (χ1v) is 6.41. The van der Waals surface area contributed by atoms with Crippen LogP contribution in [0.4, 0.5) is 0 Å². The molecule has 0 rings (SSSR count). The SMILES string of the molecule is C=CC(=O)N(CC)CCCCOC(=O)C(C)(C)C. The van der Waals surface area contributed by atoms with E-state index in [9.17, 15) is 9.59 Å². The van der Waals surface area contributed by atoms with Gasteiger partial charge in [0.2, 0.25) is 5.91 Å². The number of hydrogen-bond acceptors (Lipinski definition) is 3. The quantitative estimate of drug-likeness (QED) is 0.398. The van der Waals surface area contributed by atoms with Crippen molar-refractivity contribution in [1.82, 2.24) is 4.90 Å². The Morgan fingerprint density at radius 3 is 2.33 bits per heavy atom. The predicted molar refractivity (Wildman–Crippen MR) is 72.1 cm³/mol. The molecule has 0 radical (unpaired) electrons. The fraction of sp³-hybridized carbons (Fsp3) is 0.714. The van der Waals surface area contributed by atoms with E-state index in [4.69, 9.17) is 4.74 Å². The van der Waals surface area contributed by atoms with Crippen molar-refractivity contribution in [1.29, 1.82) is 0 Å². The molecule has 0 aliphatic heterocycles. The number of rotatable bonds is 7. The van der Waals surface area contributed by atoms with Gasteiger partial charge in [-0.3, -0.25) is 9.59 Å². The maximum Gasteiger partial charge on any atom is 0.311 e. The number of nitrogens with zero attached hydrogens (tertiary/aromatic N) is 1. The molecule has 0 fully saturated rings. The maximum absolute atomic E-state index is 11.5. The van der Waals surface area contributed by atoms with E-state index >= 15 is 0 Å². The molecule has 0 aliphatic rings. The topological polar surface area (TPSA) is 46.6 Å². The highest BCUT2D eigenvalue weighted by Crippen LogP contribution is 2.15. The van der Waals surface area contributed by atoms with Crippen molar-refractivity contribution in [2.24, 2.45) is 5.41 Å². The molecule has 4 nitrogen and oxygen atoms in total. The van der Waals surface area contributed by atoms with E-state index in [-0.39, 0.29) is 11.9 Å². The van der Waals surface area contributed by atoms with Crippen LogP contribution in [0.3, 0.4) is 0 Å². The molecule has 104 valence electrons. The molecule has 0 atom stereocenters. The minimum Gasteiger partial charge on any atom is -0.465 e. The third-order valence-corrected chi connectivity index (χ3v) is 2.54. The van der Waals surface area contributed by atoms with Gasteiger partial charge >= 0.3 is 5.97 Å². The summed E-state index contributed by atoms with van der Waals surface area (Å²) in [5, 5.41) is 0. The summed E-state index contributed by atoms with van der Waals surface area (Å²) in [5.74, 6) is -0.235. The normalized spacial score (nSPS) is 10.9. The summed E-state index contributed by atoms with van der Waals surface area (Å²) >= 11 is 0. The van der Waals surface area contributed by atoms with Gasteiger partial charge in [0.15, 0.2) is 0 Å². The molecule has 0 aromatic heterocycles. The first-order valence-electron chi connectivity index (χ1n) is 6.41. The second kappa shape index (κ2) is 7.90. The molecular formula is C14H25NO3. The summed E-state index contributed by atoms with van der Waals surface area (Å²) in [6.45, 7) is 12.6. The highest BCUT2D eigenvalue weighted by Gasteiger charge is 2.22. The van der Waals surface area contributed by atoms with Gasteiger partial charge in [-0.1, -0.05) is 6.58 Å². The summed E-state index contributed by atoms with van der Waals surface area (Å²) in [7, 11) is 0. The maximum atomic E-state index is 11.5. The predicted octanol–water partition coefficient (Wildman–Crippen LogP) is 2.39. The van der Waals surface area contributed by atoms with E-state index in [2.05, 4.69) is 6.58 Å². The number of hydrogen-bond donors (Lipinski definition) is 0. The monoisotopic (exact) mass is 255 g/mol. The van der Waals surface area contributed by atoms with E-state index in [1.54, 1.807) is 4.90 Å². The number of esters is 1. The molecule has 0 N–H and O–H groups in total. The molecule has 0 saturated heterocycles. The van der Waals surface area contributed by atoms with Crippen molar-refractivity contribution >= 4 is 11.9 Å². The Morgan fingerprint density at radius 2 is 1.89 bits per heavy atom. The molecule has 0 spiro atoms. The van der Waals surface area contributed by atoms with Crippen LogP contribution in [0.5, 0.6) is 0 Å². The van der Waals surface area contributed by atoms with Gasteiger partial charge in [0.05, 0.1) is 12.0 Å². The van der Waals surface area contributed by atoms with Crippen LogP contribution in [0.15, 0.2) is 12.7 Å². The van der Waals surface area contributed by atoms with Crippen LogP contribution in [0.25, 0.3) is 0 Å². The van der Waals surface area contributed by atoms with Crippen molar-refractivity contribution in [3.05, 3.63) is 12.7 Å². The van der Waals surface area contributed by atoms with E-state index < -0.39 is 5.41 Å². The molecule has 0 heterocycles. The molecule has 0 bridgehead atoms. The third-order valence-electron chi connectivity index (χ3n) is 2.54. The minimum absolute atomic E-state index is 0.0517. The molecule has 0 aromatic carbocycles. The first kappa shape index (κ1) is 16.7. The van der Waals surface area contributed by atoms with Gasteiger partial charge < -0.3 is 9.64 Å². The zero-order valence-electron chi connectivity index (χ0n) is 12.0. The number of likely N-dealkylation sites (N-methyl/N-ethyl adjacent to an activating group) is 1. The van der Waals surface area contributed by atoms with E-state index in [0.29, 0.717) is 19.7 Å². The minimum atomic E-state index is -0.450. The molecule has 4 heteroatoms. The molecular weight excluding hydrogens is 230 g/mol. The lowest BCUT2D eigenvalue weighted by Gasteiger charge is -2.19. The zero-order valence-corrected chi connectivity index (χ0v) is 12.0. The summed E-state index contributed by atoms with van der Waals surface area (Å²) in [6.07, 6.45) is 2.91. The molecule has 18 heavy (non-hydrogen) atoms. The average molecular weight is 255 g/mol. The summed E-state index contributed by atoms with van der Waals surface area (Å²) in [4.78, 5) is 24.6. The highest BCUT2D eigenvalue weighted by molar-refractivity contribution is 5.86. The van der Waals surface area contributed by atoms with Crippen molar-refractivity contribution in [2.75, 3.05) is 19.7 Å². The van der Waals surface area contributed by atoms with Gasteiger partial charge in [-0.25, -0.2) is 0 Å². The Labute approximate surface area is 110 Å². The number of unbranched alkanes of at least 4 members (excludes halogenated alkanes) is 1. The first-order chi connectivity index (χ1) is 8.32. The Kier molecular flexibility index (Phi) is 7.32. The highest BCUT2D eigenvalue weighted by atomic mass is 16.5. The van der Waals surface area contributed by atoms with Crippen molar-refractivity contribution in [3.63, 3.8) is 0 Å². The Hall–Kier alpha value is -1.32. The van der Waals surface area contributed by atoms with Crippen LogP contribution in [0.2, 0.25) is 0 Å².